The Morgan fingerprint density at radius 2 is 2.05 bits per heavy atom. The molecule has 1 aromatic carbocycles. The topological polar surface area (TPSA) is 96.7 Å². The number of carbonyl (C=O) groups is 1. The predicted molar refractivity (Wildman–Crippen MR) is 87.7 cm³/mol. The number of anilines is 1. The van der Waals surface area contributed by atoms with Gasteiger partial charge in [0.2, 0.25) is 5.91 Å². The fourth-order valence-electron chi connectivity index (χ4n) is 2.75. The van der Waals surface area contributed by atoms with Crippen molar-refractivity contribution in [1.29, 1.82) is 0 Å². The largest absolute Gasteiger partial charge is 0.324 e. The minimum absolute atomic E-state index is 0. The Morgan fingerprint density at radius 1 is 1.27 bits per heavy atom. The van der Waals surface area contributed by atoms with Crippen LogP contribution in [0.15, 0.2) is 30.6 Å². The van der Waals surface area contributed by atoms with Crippen LogP contribution >= 0.6 is 12.4 Å². The highest BCUT2D eigenvalue weighted by Crippen LogP contribution is 2.27. The molecule has 0 radical (unpaired) electrons. The van der Waals surface area contributed by atoms with Crippen molar-refractivity contribution in [1.82, 2.24) is 15.2 Å². The molecule has 22 heavy (non-hydrogen) atoms. The number of hydrogen-bond donors (Lipinski definition) is 3. The van der Waals surface area contributed by atoms with Gasteiger partial charge in [-0.2, -0.15) is 5.10 Å². The molecule has 1 heterocycles. The van der Waals surface area contributed by atoms with Crippen molar-refractivity contribution < 1.29 is 4.79 Å². The number of aromatic nitrogens is 3. The number of nitrogens with one attached hydrogen (secondary N) is 2. The van der Waals surface area contributed by atoms with Crippen LogP contribution in [0.4, 0.5) is 5.69 Å². The van der Waals surface area contributed by atoms with Gasteiger partial charge in [-0.3, -0.25) is 9.89 Å². The summed E-state index contributed by atoms with van der Waals surface area (Å²) in [6, 6.07) is 7.50. The zero-order chi connectivity index (χ0) is 14.7. The van der Waals surface area contributed by atoms with Crippen LogP contribution in [0.25, 0.3) is 11.4 Å². The molecule has 1 fully saturated rings. The number of aromatic amines is 1. The van der Waals surface area contributed by atoms with Crippen molar-refractivity contribution in [2.24, 2.45) is 5.73 Å². The lowest BCUT2D eigenvalue weighted by Gasteiger charge is -2.31. The van der Waals surface area contributed by atoms with Crippen LogP contribution in [0, 0.1) is 0 Å². The first-order chi connectivity index (χ1) is 10.2. The lowest BCUT2D eigenvalue weighted by atomic mass is 9.82. The summed E-state index contributed by atoms with van der Waals surface area (Å²) in [5.41, 5.74) is 7.11. The van der Waals surface area contributed by atoms with Gasteiger partial charge in [0.1, 0.15) is 6.33 Å². The molecule has 118 valence electrons. The van der Waals surface area contributed by atoms with Gasteiger partial charge in [-0.15, -0.1) is 12.4 Å². The van der Waals surface area contributed by atoms with Crippen molar-refractivity contribution in [2.75, 3.05) is 5.32 Å². The zero-order valence-electron chi connectivity index (χ0n) is 12.2. The van der Waals surface area contributed by atoms with E-state index in [9.17, 15) is 4.79 Å². The van der Waals surface area contributed by atoms with Crippen molar-refractivity contribution in [3.05, 3.63) is 30.6 Å². The maximum Gasteiger partial charge on any atom is 0.244 e. The molecular weight excluding hydrogens is 302 g/mol. The molecule has 1 saturated carbocycles. The van der Waals surface area contributed by atoms with Crippen molar-refractivity contribution in [2.45, 2.75) is 37.6 Å². The molecule has 3 rings (SSSR count). The molecule has 1 amide bonds. The molecule has 0 aliphatic heterocycles. The molecular formula is C15H20ClN5O. The summed E-state index contributed by atoms with van der Waals surface area (Å²) in [6.07, 6.45) is 6.15. The summed E-state index contributed by atoms with van der Waals surface area (Å²) in [7, 11) is 0. The van der Waals surface area contributed by atoms with Crippen LogP contribution in [-0.2, 0) is 4.79 Å². The minimum atomic E-state index is -0.736. The maximum absolute atomic E-state index is 12.4. The van der Waals surface area contributed by atoms with Crippen LogP contribution < -0.4 is 11.1 Å². The van der Waals surface area contributed by atoms with E-state index in [2.05, 4.69) is 20.5 Å². The average molecular weight is 322 g/mol. The Hall–Kier alpha value is -1.92. The normalized spacial score (nSPS) is 16.6. The smallest absolute Gasteiger partial charge is 0.244 e. The Labute approximate surface area is 135 Å². The van der Waals surface area contributed by atoms with Gasteiger partial charge in [-0.1, -0.05) is 31.4 Å². The van der Waals surface area contributed by atoms with Gasteiger partial charge in [0, 0.05) is 11.3 Å². The van der Waals surface area contributed by atoms with E-state index in [0.717, 1.165) is 43.4 Å². The van der Waals surface area contributed by atoms with Crippen molar-refractivity contribution >= 4 is 24.0 Å². The minimum Gasteiger partial charge on any atom is -0.324 e. The summed E-state index contributed by atoms with van der Waals surface area (Å²) in [5.74, 6) is 0.572. The number of carbonyl (C=O) groups excluding carboxylic acids is 1. The van der Waals surface area contributed by atoms with E-state index in [0.29, 0.717) is 5.82 Å². The first-order valence-electron chi connectivity index (χ1n) is 7.23. The van der Waals surface area contributed by atoms with Gasteiger partial charge in [-0.25, -0.2) is 4.98 Å². The number of H-pyrrole nitrogens is 1. The van der Waals surface area contributed by atoms with Crippen molar-refractivity contribution in [3.8, 4) is 11.4 Å². The van der Waals surface area contributed by atoms with E-state index in [4.69, 9.17) is 5.73 Å². The number of amides is 1. The Bertz CT molecular complexity index is 623. The lowest BCUT2D eigenvalue weighted by Crippen LogP contribution is -2.52. The maximum atomic E-state index is 12.4. The second kappa shape index (κ2) is 6.89. The molecule has 0 bridgehead atoms. The Balaban J connectivity index is 0.00000176. The lowest BCUT2D eigenvalue weighted by molar-refractivity contribution is -0.122. The Morgan fingerprint density at radius 3 is 2.73 bits per heavy atom. The fraction of sp³-hybridized carbons (Fsp3) is 0.400. The van der Waals surface area contributed by atoms with Crippen LogP contribution in [-0.4, -0.2) is 26.6 Å². The number of halogens is 1. The standard InChI is InChI=1S/C15H19N5O.ClH/c16-15(7-2-1-3-8-15)14(21)19-12-6-4-5-11(9-12)13-17-10-18-20-13;/h4-6,9-10H,1-3,7-8,16H2,(H,19,21)(H,17,18,20);1H. The van der Waals surface area contributed by atoms with Crippen LogP contribution in [0.3, 0.4) is 0 Å². The van der Waals surface area contributed by atoms with Gasteiger partial charge in [0.25, 0.3) is 0 Å². The molecule has 6 nitrogen and oxygen atoms in total. The van der Waals surface area contributed by atoms with E-state index in [-0.39, 0.29) is 18.3 Å². The molecule has 2 aromatic rings. The molecule has 1 aromatic heterocycles. The van der Waals surface area contributed by atoms with Gasteiger partial charge in [0.15, 0.2) is 5.82 Å². The number of benzene rings is 1. The number of hydrogen-bond acceptors (Lipinski definition) is 4. The molecule has 1 aliphatic carbocycles. The molecule has 7 heteroatoms. The van der Waals surface area contributed by atoms with Crippen LogP contribution in [0.2, 0.25) is 0 Å². The second-order valence-corrected chi connectivity index (χ2v) is 5.59. The van der Waals surface area contributed by atoms with E-state index < -0.39 is 5.54 Å². The highest BCUT2D eigenvalue weighted by molar-refractivity contribution is 5.98. The average Bonchev–Trinajstić information content (AvgIpc) is 3.02. The van der Waals surface area contributed by atoms with Gasteiger partial charge in [0.05, 0.1) is 5.54 Å². The number of nitrogens with two attached hydrogens (primary N) is 1. The summed E-state index contributed by atoms with van der Waals surface area (Å²) in [5, 5.41) is 9.56. The Kier molecular flexibility index (Phi) is 5.15. The van der Waals surface area contributed by atoms with E-state index in [1.807, 2.05) is 24.3 Å². The SMILES string of the molecule is Cl.NC1(C(=O)Nc2cccc(-c3ncn[nH]3)c2)CCCCC1. The van der Waals surface area contributed by atoms with Gasteiger partial charge >= 0.3 is 0 Å². The number of nitrogens with zero attached hydrogens (tertiary/aromatic N) is 2. The second-order valence-electron chi connectivity index (χ2n) is 5.59. The third kappa shape index (κ3) is 3.45. The first kappa shape index (κ1) is 16.5. The van der Waals surface area contributed by atoms with Gasteiger partial charge < -0.3 is 11.1 Å². The quantitative estimate of drug-likeness (QED) is 0.809. The molecule has 0 unspecified atom stereocenters. The summed E-state index contributed by atoms with van der Waals surface area (Å²) >= 11 is 0. The first-order valence-corrected chi connectivity index (χ1v) is 7.23. The van der Waals surface area contributed by atoms with E-state index in [1.54, 1.807) is 0 Å². The van der Waals surface area contributed by atoms with Crippen LogP contribution in [0.5, 0.6) is 0 Å². The summed E-state index contributed by atoms with van der Waals surface area (Å²) in [6.45, 7) is 0. The molecule has 1 aliphatic rings. The predicted octanol–water partition coefficient (Wildman–Crippen LogP) is 2.49. The van der Waals surface area contributed by atoms with Crippen LogP contribution in [0.1, 0.15) is 32.1 Å². The molecule has 0 spiro atoms. The molecule has 0 atom stereocenters. The van der Waals surface area contributed by atoms with Crippen molar-refractivity contribution in [3.63, 3.8) is 0 Å². The zero-order valence-corrected chi connectivity index (χ0v) is 13.0. The molecule has 4 N–H and O–H groups in total. The number of rotatable bonds is 3. The fourth-order valence-corrected chi connectivity index (χ4v) is 2.75. The molecule has 0 saturated heterocycles. The third-order valence-electron chi connectivity index (χ3n) is 4.01. The summed E-state index contributed by atoms with van der Waals surface area (Å²) in [4.78, 5) is 16.5. The van der Waals surface area contributed by atoms with E-state index in [1.165, 1.54) is 6.33 Å². The van der Waals surface area contributed by atoms with E-state index >= 15 is 0 Å². The third-order valence-corrected chi connectivity index (χ3v) is 4.01. The summed E-state index contributed by atoms with van der Waals surface area (Å²) < 4.78 is 0. The monoisotopic (exact) mass is 321 g/mol. The highest BCUT2D eigenvalue weighted by atomic mass is 35.5. The highest BCUT2D eigenvalue weighted by Gasteiger charge is 2.35. The van der Waals surface area contributed by atoms with Gasteiger partial charge in [-0.05, 0) is 25.0 Å².